The molecule has 0 bridgehead atoms. The Balaban J connectivity index is 1.96. The van der Waals surface area contributed by atoms with Crippen LogP contribution in [0.2, 0.25) is 0 Å². The van der Waals surface area contributed by atoms with Gasteiger partial charge in [-0.1, -0.05) is 6.07 Å². The minimum absolute atomic E-state index is 0.142. The Labute approximate surface area is 128 Å². The van der Waals surface area contributed by atoms with Gasteiger partial charge in [0.1, 0.15) is 5.54 Å². The van der Waals surface area contributed by atoms with Crippen molar-refractivity contribution in [1.29, 1.82) is 0 Å². The zero-order valence-corrected chi connectivity index (χ0v) is 12.7. The van der Waals surface area contributed by atoms with E-state index in [9.17, 15) is 9.59 Å². The monoisotopic (exact) mass is 298 g/mol. The number of esters is 1. The van der Waals surface area contributed by atoms with Crippen molar-refractivity contribution in [3.8, 4) is 0 Å². The van der Waals surface area contributed by atoms with Crippen LogP contribution in [0.1, 0.15) is 30.1 Å². The van der Waals surface area contributed by atoms with Crippen LogP contribution in [0.4, 0.5) is 0 Å². The summed E-state index contributed by atoms with van der Waals surface area (Å²) < 4.78 is 4.88. The van der Waals surface area contributed by atoms with Crippen LogP contribution in [0.25, 0.3) is 10.9 Å². The lowest BCUT2D eigenvalue weighted by Crippen LogP contribution is -2.51. The van der Waals surface area contributed by atoms with Crippen LogP contribution in [0, 0.1) is 0 Å². The molecule has 1 aromatic carbocycles. The van der Waals surface area contributed by atoms with E-state index < -0.39 is 5.54 Å². The minimum atomic E-state index is -0.879. The number of ether oxygens (including phenoxy) is 1. The molecule has 5 heteroatoms. The van der Waals surface area contributed by atoms with Gasteiger partial charge in [-0.15, -0.1) is 0 Å². The number of aromatic nitrogens is 1. The number of pyridine rings is 1. The summed E-state index contributed by atoms with van der Waals surface area (Å²) in [5.41, 5.74) is 0.532. The number of benzene rings is 1. The van der Waals surface area contributed by atoms with E-state index in [-0.39, 0.29) is 11.9 Å². The Bertz CT molecular complexity index is 744. The molecule has 0 aliphatic carbocycles. The van der Waals surface area contributed by atoms with Gasteiger partial charge in [0.25, 0.3) is 5.91 Å². The number of likely N-dealkylation sites (tertiary alicyclic amines) is 1. The van der Waals surface area contributed by atoms with E-state index in [1.807, 2.05) is 24.3 Å². The van der Waals surface area contributed by atoms with Crippen molar-refractivity contribution >= 4 is 22.8 Å². The van der Waals surface area contributed by atoms with E-state index in [0.29, 0.717) is 18.5 Å². The summed E-state index contributed by atoms with van der Waals surface area (Å²) in [5, 5.41) is 0.910. The smallest absolute Gasteiger partial charge is 0.331 e. The van der Waals surface area contributed by atoms with Crippen LogP contribution in [0.15, 0.2) is 36.5 Å². The fraction of sp³-hybridized carbons (Fsp3) is 0.353. The number of carbonyl (C=O) groups is 2. The van der Waals surface area contributed by atoms with Crippen molar-refractivity contribution in [2.45, 2.75) is 25.3 Å². The lowest BCUT2D eigenvalue weighted by molar-refractivity contribution is -0.151. The van der Waals surface area contributed by atoms with Gasteiger partial charge < -0.3 is 9.64 Å². The summed E-state index contributed by atoms with van der Waals surface area (Å²) in [6, 6.07) is 9.16. The molecule has 0 N–H and O–H groups in total. The van der Waals surface area contributed by atoms with Gasteiger partial charge in [-0.2, -0.15) is 0 Å². The van der Waals surface area contributed by atoms with Crippen LogP contribution in [0.5, 0.6) is 0 Å². The van der Waals surface area contributed by atoms with Gasteiger partial charge in [-0.25, -0.2) is 4.79 Å². The second-order valence-corrected chi connectivity index (χ2v) is 5.74. The molecule has 5 nitrogen and oxygen atoms in total. The summed E-state index contributed by atoms with van der Waals surface area (Å²) in [5.74, 6) is -0.503. The van der Waals surface area contributed by atoms with Crippen molar-refractivity contribution in [2.24, 2.45) is 0 Å². The molecule has 1 saturated heterocycles. The lowest BCUT2D eigenvalue weighted by atomic mass is 9.98. The number of fused-ring (bicyclic) bond motifs is 1. The van der Waals surface area contributed by atoms with Crippen LogP contribution < -0.4 is 0 Å². The molecule has 2 aromatic rings. The summed E-state index contributed by atoms with van der Waals surface area (Å²) >= 11 is 0. The fourth-order valence-electron chi connectivity index (χ4n) is 3.09. The number of nitrogens with zero attached hydrogens (tertiary/aromatic N) is 2. The first kappa shape index (κ1) is 14.5. The maximum atomic E-state index is 12.8. The average Bonchev–Trinajstić information content (AvgIpc) is 2.96. The maximum absolute atomic E-state index is 12.8. The highest BCUT2D eigenvalue weighted by Crippen LogP contribution is 2.32. The van der Waals surface area contributed by atoms with Crippen LogP contribution in [-0.2, 0) is 9.53 Å². The molecular formula is C17H18N2O3. The van der Waals surface area contributed by atoms with Crippen LogP contribution in [-0.4, -0.2) is 41.0 Å². The molecule has 3 rings (SSSR count). The first-order valence-corrected chi connectivity index (χ1v) is 7.31. The summed E-state index contributed by atoms with van der Waals surface area (Å²) in [7, 11) is 1.36. The molecule has 2 heterocycles. The lowest BCUT2D eigenvalue weighted by Gasteiger charge is -2.32. The van der Waals surface area contributed by atoms with E-state index in [2.05, 4.69) is 4.98 Å². The van der Waals surface area contributed by atoms with Gasteiger partial charge >= 0.3 is 5.97 Å². The molecule has 0 radical (unpaired) electrons. The second kappa shape index (κ2) is 5.40. The molecule has 0 saturated carbocycles. The predicted octanol–water partition coefficient (Wildman–Crippen LogP) is 2.40. The van der Waals surface area contributed by atoms with Gasteiger partial charge in [0.15, 0.2) is 0 Å². The first-order valence-electron chi connectivity index (χ1n) is 7.31. The topological polar surface area (TPSA) is 59.5 Å². The molecule has 1 aromatic heterocycles. The van der Waals surface area contributed by atoms with Crippen molar-refractivity contribution in [2.75, 3.05) is 13.7 Å². The Morgan fingerprint density at radius 3 is 2.91 bits per heavy atom. The van der Waals surface area contributed by atoms with Crippen molar-refractivity contribution in [1.82, 2.24) is 9.88 Å². The molecule has 114 valence electrons. The van der Waals surface area contributed by atoms with Crippen LogP contribution in [0.3, 0.4) is 0 Å². The minimum Gasteiger partial charge on any atom is -0.467 e. The number of hydrogen-bond acceptors (Lipinski definition) is 4. The number of amides is 1. The number of carbonyl (C=O) groups excluding carboxylic acids is 2. The Hall–Kier alpha value is -2.43. The quantitative estimate of drug-likeness (QED) is 0.799. The largest absolute Gasteiger partial charge is 0.467 e. The third kappa shape index (κ3) is 2.22. The normalized spacial score (nSPS) is 21.1. The van der Waals surface area contributed by atoms with E-state index in [1.165, 1.54) is 7.11 Å². The van der Waals surface area contributed by atoms with E-state index >= 15 is 0 Å². The Kier molecular flexibility index (Phi) is 3.56. The standard InChI is InChI=1S/C17H18N2O3/c1-17(16(21)22-2)8-4-10-19(17)15(20)13-6-7-14-12(11-13)5-3-9-18-14/h3,5-7,9,11H,4,8,10H2,1-2H3/t17-/m1/s1. The summed E-state index contributed by atoms with van der Waals surface area (Å²) in [6.07, 6.45) is 3.14. The van der Waals surface area contributed by atoms with E-state index in [0.717, 1.165) is 17.3 Å². The van der Waals surface area contributed by atoms with Gasteiger partial charge in [-0.05, 0) is 44.0 Å². The first-order chi connectivity index (χ1) is 10.6. The van der Waals surface area contributed by atoms with E-state index in [1.54, 1.807) is 24.1 Å². The van der Waals surface area contributed by atoms with E-state index in [4.69, 9.17) is 4.74 Å². The predicted molar refractivity (Wildman–Crippen MR) is 82.4 cm³/mol. The fourth-order valence-corrected chi connectivity index (χ4v) is 3.09. The molecule has 0 spiro atoms. The van der Waals surface area contributed by atoms with Gasteiger partial charge in [0.2, 0.25) is 0 Å². The second-order valence-electron chi connectivity index (χ2n) is 5.74. The summed E-state index contributed by atoms with van der Waals surface area (Å²) in [4.78, 5) is 30.8. The highest BCUT2D eigenvalue weighted by molar-refractivity contribution is 6.01. The SMILES string of the molecule is COC(=O)[C@@]1(C)CCCN1C(=O)c1ccc2ncccc2c1. The van der Waals surface area contributed by atoms with Gasteiger partial charge in [0, 0.05) is 23.7 Å². The Morgan fingerprint density at radius 2 is 2.14 bits per heavy atom. The van der Waals surface area contributed by atoms with Crippen molar-refractivity contribution in [3.63, 3.8) is 0 Å². The molecule has 1 amide bonds. The number of methoxy groups -OCH3 is 1. The highest BCUT2D eigenvalue weighted by atomic mass is 16.5. The van der Waals surface area contributed by atoms with Crippen LogP contribution >= 0.6 is 0 Å². The molecule has 22 heavy (non-hydrogen) atoms. The molecule has 1 aliphatic rings. The summed E-state index contributed by atoms with van der Waals surface area (Å²) in [6.45, 7) is 2.34. The van der Waals surface area contributed by atoms with Gasteiger partial charge in [-0.3, -0.25) is 9.78 Å². The molecule has 1 aliphatic heterocycles. The highest BCUT2D eigenvalue weighted by Gasteiger charge is 2.46. The molecule has 0 unspecified atom stereocenters. The maximum Gasteiger partial charge on any atom is 0.331 e. The number of hydrogen-bond donors (Lipinski definition) is 0. The van der Waals surface area contributed by atoms with Crippen molar-refractivity contribution in [3.05, 3.63) is 42.1 Å². The molecule has 1 fully saturated rings. The van der Waals surface area contributed by atoms with Crippen molar-refractivity contribution < 1.29 is 14.3 Å². The Morgan fingerprint density at radius 1 is 1.32 bits per heavy atom. The third-order valence-electron chi connectivity index (χ3n) is 4.36. The zero-order valence-electron chi connectivity index (χ0n) is 12.7. The molecule has 1 atom stereocenters. The molecular weight excluding hydrogens is 280 g/mol. The zero-order chi connectivity index (χ0) is 15.7. The third-order valence-corrected chi connectivity index (χ3v) is 4.36. The van der Waals surface area contributed by atoms with Gasteiger partial charge in [0.05, 0.1) is 12.6 Å². The average molecular weight is 298 g/mol. The number of rotatable bonds is 2.